The topological polar surface area (TPSA) is 83.1 Å². The van der Waals surface area contributed by atoms with Gasteiger partial charge in [-0.15, -0.1) is 5.10 Å². The maximum Gasteiger partial charge on any atom is 0.339 e. The molecule has 0 atom stereocenters. The van der Waals surface area contributed by atoms with Crippen LogP contribution in [0.1, 0.15) is 10.4 Å². The van der Waals surface area contributed by atoms with Crippen LogP contribution < -0.4 is 5.32 Å². The van der Waals surface area contributed by atoms with Gasteiger partial charge in [0.1, 0.15) is 6.54 Å². The Morgan fingerprint density at radius 3 is 2.39 bits per heavy atom. The molecular formula is C22H19N5O3S. The summed E-state index contributed by atoms with van der Waals surface area (Å²) in [6, 6.07) is 20.0. The van der Waals surface area contributed by atoms with Gasteiger partial charge in [0.05, 0.1) is 18.4 Å². The number of ether oxygens (including phenoxy) is 1. The largest absolute Gasteiger partial charge is 0.465 e. The molecule has 4 aromatic rings. The van der Waals surface area contributed by atoms with E-state index in [1.807, 2.05) is 54.9 Å². The van der Waals surface area contributed by atoms with E-state index in [9.17, 15) is 9.59 Å². The van der Waals surface area contributed by atoms with E-state index < -0.39 is 5.97 Å². The van der Waals surface area contributed by atoms with E-state index >= 15 is 0 Å². The average molecular weight is 433 g/mol. The van der Waals surface area contributed by atoms with Gasteiger partial charge in [0, 0.05) is 18.0 Å². The number of carbonyl (C=O) groups is 2. The Morgan fingerprint density at radius 2 is 1.68 bits per heavy atom. The highest BCUT2D eigenvalue weighted by Crippen LogP contribution is 2.19. The average Bonchev–Trinajstić information content (AvgIpc) is 3.42. The minimum absolute atomic E-state index is 0.123. The molecule has 9 heteroatoms. The summed E-state index contributed by atoms with van der Waals surface area (Å²) in [6.45, 7) is -0.123. The van der Waals surface area contributed by atoms with Crippen molar-refractivity contribution in [2.24, 2.45) is 0 Å². The van der Waals surface area contributed by atoms with Crippen LogP contribution in [0, 0.1) is 4.77 Å². The summed E-state index contributed by atoms with van der Waals surface area (Å²) >= 11 is 5.62. The van der Waals surface area contributed by atoms with E-state index in [4.69, 9.17) is 17.0 Å². The standard InChI is InChI=1S/C22H19N5O3S/c1-30-21(29)17-11-5-6-12-18(17)23-19(28)15-26-22(31)27(25-13-7-8-14-25)20(24-26)16-9-3-2-4-10-16/h2-14H,15H2,1H3,(H,23,28). The van der Waals surface area contributed by atoms with Gasteiger partial charge in [-0.2, -0.15) is 0 Å². The second kappa shape index (κ2) is 8.80. The minimum Gasteiger partial charge on any atom is -0.465 e. The second-order valence-electron chi connectivity index (χ2n) is 6.59. The number of benzene rings is 2. The van der Waals surface area contributed by atoms with E-state index in [-0.39, 0.29) is 18.0 Å². The van der Waals surface area contributed by atoms with Gasteiger partial charge in [0.2, 0.25) is 10.7 Å². The highest BCUT2D eigenvalue weighted by atomic mass is 32.1. The Bertz CT molecular complexity index is 1280. The molecule has 31 heavy (non-hydrogen) atoms. The van der Waals surface area contributed by atoms with Crippen LogP contribution in [0.25, 0.3) is 11.4 Å². The number of aromatic nitrogens is 4. The van der Waals surface area contributed by atoms with Crippen LogP contribution in [-0.4, -0.2) is 38.1 Å². The fourth-order valence-corrected chi connectivity index (χ4v) is 3.43. The molecule has 0 fully saturated rings. The van der Waals surface area contributed by atoms with Crippen molar-refractivity contribution in [1.82, 2.24) is 19.1 Å². The maximum atomic E-state index is 12.8. The summed E-state index contributed by atoms with van der Waals surface area (Å²) in [4.78, 5) is 24.7. The number of esters is 1. The number of nitrogens with zero attached hydrogens (tertiary/aromatic N) is 4. The van der Waals surface area contributed by atoms with Crippen molar-refractivity contribution in [1.29, 1.82) is 0 Å². The number of methoxy groups -OCH3 is 1. The van der Waals surface area contributed by atoms with Gasteiger partial charge in [-0.1, -0.05) is 42.5 Å². The van der Waals surface area contributed by atoms with Crippen LogP contribution in [-0.2, 0) is 16.1 Å². The molecule has 156 valence electrons. The van der Waals surface area contributed by atoms with E-state index in [0.29, 0.717) is 16.3 Å². The summed E-state index contributed by atoms with van der Waals surface area (Å²) in [5.41, 5.74) is 1.49. The minimum atomic E-state index is -0.532. The van der Waals surface area contributed by atoms with Gasteiger partial charge in [0.15, 0.2) is 5.82 Å². The van der Waals surface area contributed by atoms with E-state index in [0.717, 1.165) is 5.56 Å². The molecule has 4 rings (SSSR count). The molecule has 0 aliphatic rings. The lowest BCUT2D eigenvalue weighted by molar-refractivity contribution is -0.116. The Labute approximate surface area is 183 Å². The number of hydrogen-bond donors (Lipinski definition) is 1. The van der Waals surface area contributed by atoms with Crippen LogP contribution in [0.15, 0.2) is 79.1 Å². The van der Waals surface area contributed by atoms with E-state index in [1.165, 1.54) is 11.8 Å². The van der Waals surface area contributed by atoms with Crippen LogP contribution in [0.3, 0.4) is 0 Å². The first-order chi connectivity index (χ1) is 15.1. The molecule has 0 saturated heterocycles. The molecule has 0 bridgehead atoms. The monoisotopic (exact) mass is 433 g/mol. The number of rotatable bonds is 6. The first kappa shape index (κ1) is 20.3. The molecule has 2 heterocycles. The summed E-state index contributed by atoms with van der Waals surface area (Å²) < 4.78 is 10.1. The molecule has 8 nitrogen and oxygen atoms in total. The molecule has 1 N–H and O–H groups in total. The van der Waals surface area contributed by atoms with Gasteiger partial charge < -0.3 is 10.1 Å². The van der Waals surface area contributed by atoms with Crippen molar-refractivity contribution in [2.75, 3.05) is 12.4 Å². The first-order valence-corrected chi connectivity index (χ1v) is 9.85. The number of nitrogens with one attached hydrogen (secondary N) is 1. The lowest BCUT2D eigenvalue weighted by Gasteiger charge is -2.09. The van der Waals surface area contributed by atoms with Crippen molar-refractivity contribution in [3.8, 4) is 11.4 Å². The van der Waals surface area contributed by atoms with Crippen LogP contribution >= 0.6 is 12.2 Å². The Hall–Kier alpha value is -3.98. The zero-order valence-electron chi connectivity index (χ0n) is 16.6. The molecular weight excluding hydrogens is 414 g/mol. The Morgan fingerprint density at radius 1 is 1.00 bits per heavy atom. The summed E-state index contributed by atoms with van der Waals surface area (Å²) in [6.07, 6.45) is 3.70. The molecule has 0 unspecified atom stereocenters. The smallest absolute Gasteiger partial charge is 0.339 e. The maximum absolute atomic E-state index is 12.8. The second-order valence-corrected chi connectivity index (χ2v) is 6.96. The SMILES string of the molecule is COC(=O)c1ccccc1NC(=O)Cn1nc(-c2ccccc2)n(-n2cccc2)c1=S. The van der Waals surface area contributed by atoms with Gasteiger partial charge in [0.25, 0.3) is 0 Å². The summed E-state index contributed by atoms with van der Waals surface area (Å²) in [5, 5.41) is 7.34. The van der Waals surface area contributed by atoms with Crippen molar-refractivity contribution in [3.63, 3.8) is 0 Å². The van der Waals surface area contributed by atoms with E-state index in [2.05, 4.69) is 10.4 Å². The van der Waals surface area contributed by atoms with Crippen LogP contribution in [0.4, 0.5) is 5.69 Å². The van der Waals surface area contributed by atoms with Crippen LogP contribution in [0.5, 0.6) is 0 Å². The third-order valence-electron chi connectivity index (χ3n) is 4.57. The molecule has 0 radical (unpaired) electrons. The van der Waals surface area contributed by atoms with Gasteiger partial charge >= 0.3 is 5.97 Å². The lowest BCUT2D eigenvalue weighted by atomic mass is 10.2. The fourth-order valence-electron chi connectivity index (χ4n) is 3.14. The summed E-state index contributed by atoms with van der Waals surface area (Å²) in [5.74, 6) is -0.301. The molecule has 0 spiro atoms. The number of anilines is 1. The van der Waals surface area contributed by atoms with E-state index in [1.54, 1.807) is 33.6 Å². The quantitative estimate of drug-likeness (QED) is 0.371. The van der Waals surface area contributed by atoms with Gasteiger partial charge in [-0.3, -0.25) is 9.47 Å². The molecule has 2 aromatic carbocycles. The van der Waals surface area contributed by atoms with Crippen molar-refractivity contribution >= 4 is 29.8 Å². The van der Waals surface area contributed by atoms with Gasteiger partial charge in [-0.05, 0) is 36.5 Å². The highest BCUT2D eigenvalue weighted by molar-refractivity contribution is 7.71. The predicted molar refractivity (Wildman–Crippen MR) is 118 cm³/mol. The van der Waals surface area contributed by atoms with Crippen molar-refractivity contribution < 1.29 is 14.3 Å². The van der Waals surface area contributed by atoms with Crippen molar-refractivity contribution in [3.05, 3.63) is 89.5 Å². The fraction of sp³-hybridized carbons (Fsp3) is 0.0909. The number of amides is 1. The lowest BCUT2D eigenvalue weighted by Crippen LogP contribution is -2.21. The third kappa shape index (κ3) is 4.17. The Balaban J connectivity index is 1.66. The zero-order chi connectivity index (χ0) is 21.8. The summed E-state index contributed by atoms with van der Waals surface area (Å²) in [7, 11) is 1.29. The number of carbonyl (C=O) groups excluding carboxylic acids is 2. The highest BCUT2D eigenvalue weighted by Gasteiger charge is 2.18. The zero-order valence-corrected chi connectivity index (χ0v) is 17.5. The number of hydrogen-bond acceptors (Lipinski definition) is 5. The van der Waals surface area contributed by atoms with Crippen LogP contribution in [0.2, 0.25) is 0 Å². The predicted octanol–water partition coefficient (Wildman–Crippen LogP) is 3.62. The number of para-hydroxylation sites is 1. The first-order valence-electron chi connectivity index (χ1n) is 9.44. The third-order valence-corrected chi connectivity index (χ3v) is 4.95. The Kier molecular flexibility index (Phi) is 5.76. The molecule has 0 aliphatic carbocycles. The molecule has 1 amide bonds. The van der Waals surface area contributed by atoms with Gasteiger partial charge in [-0.25, -0.2) is 14.2 Å². The molecule has 0 saturated carbocycles. The molecule has 0 aliphatic heterocycles. The van der Waals surface area contributed by atoms with Crippen molar-refractivity contribution in [2.45, 2.75) is 6.54 Å². The normalized spacial score (nSPS) is 10.6. The molecule has 2 aromatic heterocycles.